The highest BCUT2D eigenvalue weighted by Crippen LogP contribution is 2.31. The van der Waals surface area contributed by atoms with Gasteiger partial charge < -0.3 is 14.2 Å². The lowest BCUT2D eigenvalue weighted by atomic mass is 9.98. The van der Waals surface area contributed by atoms with Crippen LogP contribution in [0.1, 0.15) is 24.3 Å². The maximum atomic E-state index is 12.9. The van der Waals surface area contributed by atoms with Gasteiger partial charge in [-0.25, -0.2) is 0 Å². The Kier molecular flexibility index (Phi) is 6.05. The first-order valence-electron chi connectivity index (χ1n) is 9.99. The first kappa shape index (κ1) is 20.8. The molecule has 2 fully saturated rings. The zero-order valence-corrected chi connectivity index (χ0v) is 16.4. The van der Waals surface area contributed by atoms with Crippen LogP contribution in [-0.4, -0.2) is 65.2 Å². The van der Waals surface area contributed by atoms with Crippen LogP contribution in [0.3, 0.4) is 0 Å². The van der Waals surface area contributed by atoms with Crippen LogP contribution in [0.4, 0.5) is 13.2 Å². The smallest absolute Gasteiger partial charge is 0.381 e. The van der Waals surface area contributed by atoms with Crippen molar-refractivity contribution in [1.82, 2.24) is 19.9 Å². The zero-order chi connectivity index (χ0) is 21.1. The summed E-state index contributed by atoms with van der Waals surface area (Å²) >= 11 is 0. The van der Waals surface area contributed by atoms with Gasteiger partial charge in [0, 0.05) is 50.9 Å². The van der Waals surface area contributed by atoms with Gasteiger partial charge in [0.15, 0.2) is 0 Å². The van der Waals surface area contributed by atoms with Gasteiger partial charge in [-0.1, -0.05) is 17.3 Å². The van der Waals surface area contributed by atoms with Crippen molar-refractivity contribution in [3.8, 4) is 11.4 Å². The van der Waals surface area contributed by atoms with Crippen molar-refractivity contribution in [3.05, 3.63) is 35.7 Å². The molecular weight excluding hydrogens is 401 g/mol. The summed E-state index contributed by atoms with van der Waals surface area (Å²) < 4.78 is 49.3. The maximum absolute atomic E-state index is 12.9. The zero-order valence-electron chi connectivity index (χ0n) is 16.4. The van der Waals surface area contributed by atoms with Crippen molar-refractivity contribution in [2.45, 2.75) is 25.6 Å². The molecule has 1 amide bonds. The minimum absolute atomic E-state index is 0.0521. The number of alkyl halides is 3. The lowest BCUT2D eigenvalue weighted by molar-refractivity contribution is -0.140. The quantitative estimate of drug-likeness (QED) is 0.752. The number of ether oxygens (including phenoxy) is 1. The van der Waals surface area contributed by atoms with Gasteiger partial charge in [0.2, 0.25) is 17.6 Å². The van der Waals surface area contributed by atoms with Crippen molar-refractivity contribution < 1.29 is 27.2 Å². The predicted molar refractivity (Wildman–Crippen MR) is 100 cm³/mol. The van der Waals surface area contributed by atoms with E-state index in [0.29, 0.717) is 51.8 Å². The van der Waals surface area contributed by atoms with E-state index in [4.69, 9.17) is 9.26 Å². The number of carbonyl (C=O) groups is 1. The van der Waals surface area contributed by atoms with Crippen molar-refractivity contribution in [3.63, 3.8) is 0 Å². The Labute approximate surface area is 171 Å². The summed E-state index contributed by atoms with van der Waals surface area (Å²) in [5.74, 6) is 0.717. The summed E-state index contributed by atoms with van der Waals surface area (Å²) in [6, 6.07) is 4.86. The number of piperazine rings is 1. The number of aromatic nitrogens is 2. The van der Waals surface area contributed by atoms with E-state index in [2.05, 4.69) is 15.0 Å². The molecule has 0 bridgehead atoms. The number of hydrogen-bond donors (Lipinski definition) is 0. The van der Waals surface area contributed by atoms with Crippen molar-refractivity contribution >= 4 is 5.91 Å². The van der Waals surface area contributed by atoms with Crippen LogP contribution in [0.25, 0.3) is 11.4 Å². The molecule has 3 heterocycles. The molecular formula is C20H23F3N4O3. The van der Waals surface area contributed by atoms with E-state index in [1.807, 2.05) is 4.90 Å². The molecule has 7 nitrogen and oxygen atoms in total. The molecule has 0 spiro atoms. The van der Waals surface area contributed by atoms with E-state index in [1.165, 1.54) is 12.1 Å². The Bertz CT molecular complexity index is 872. The number of amides is 1. The second-order valence-electron chi connectivity index (χ2n) is 7.58. The second-order valence-corrected chi connectivity index (χ2v) is 7.58. The van der Waals surface area contributed by atoms with Crippen LogP contribution in [-0.2, 0) is 22.3 Å². The third-order valence-corrected chi connectivity index (χ3v) is 5.53. The van der Waals surface area contributed by atoms with Crippen LogP contribution in [0, 0.1) is 5.92 Å². The van der Waals surface area contributed by atoms with Gasteiger partial charge in [0.25, 0.3) is 0 Å². The van der Waals surface area contributed by atoms with Crippen molar-refractivity contribution in [2.75, 3.05) is 39.4 Å². The molecule has 10 heteroatoms. The van der Waals surface area contributed by atoms with Gasteiger partial charge >= 0.3 is 6.18 Å². The Morgan fingerprint density at radius 3 is 2.57 bits per heavy atom. The Hall–Kier alpha value is -2.46. The average molecular weight is 424 g/mol. The normalized spacial score (nSPS) is 19.2. The molecule has 0 aliphatic carbocycles. The number of nitrogens with zero attached hydrogens (tertiary/aromatic N) is 4. The van der Waals surface area contributed by atoms with E-state index < -0.39 is 11.7 Å². The molecule has 30 heavy (non-hydrogen) atoms. The van der Waals surface area contributed by atoms with Gasteiger partial charge in [-0.05, 0) is 25.0 Å². The fraction of sp³-hybridized carbons (Fsp3) is 0.550. The van der Waals surface area contributed by atoms with Crippen molar-refractivity contribution in [1.29, 1.82) is 0 Å². The van der Waals surface area contributed by atoms with Crippen molar-refractivity contribution in [2.24, 2.45) is 5.92 Å². The molecule has 2 aromatic rings. The number of hydrogen-bond acceptors (Lipinski definition) is 6. The third-order valence-electron chi connectivity index (χ3n) is 5.53. The highest BCUT2D eigenvalue weighted by Gasteiger charge is 2.31. The Balaban J connectivity index is 1.32. The summed E-state index contributed by atoms with van der Waals surface area (Å²) in [5.41, 5.74) is -0.497. The van der Waals surface area contributed by atoms with Gasteiger partial charge in [0.05, 0.1) is 12.1 Å². The molecule has 2 aliphatic heterocycles. The average Bonchev–Trinajstić information content (AvgIpc) is 3.22. The van der Waals surface area contributed by atoms with E-state index in [0.717, 1.165) is 25.0 Å². The minimum Gasteiger partial charge on any atom is -0.381 e. The number of benzene rings is 1. The number of rotatable bonds is 4. The van der Waals surface area contributed by atoms with Crippen LogP contribution in [0.5, 0.6) is 0 Å². The molecule has 0 atom stereocenters. The highest BCUT2D eigenvalue weighted by molar-refractivity contribution is 5.79. The van der Waals surface area contributed by atoms with E-state index in [9.17, 15) is 18.0 Å². The lowest BCUT2D eigenvalue weighted by Crippen LogP contribution is -2.50. The van der Waals surface area contributed by atoms with Gasteiger partial charge in [-0.3, -0.25) is 9.69 Å². The van der Waals surface area contributed by atoms with Crippen LogP contribution >= 0.6 is 0 Å². The maximum Gasteiger partial charge on any atom is 0.416 e. The Morgan fingerprint density at radius 1 is 1.13 bits per heavy atom. The molecule has 0 N–H and O–H groups in total. The molecule has 0 unspecified atom stereocenters. The fourth-order valence-electron chi connectivity index (χ4n) is 3.79. The number of halogens is 3. The van der Waals surface area contributed by atoms with Gasteiger partial charge in [-0.15, -0.1) is 0 Å². The number of carbonyl (C=O) groups excluding carboxylic acids is 1. The van der Waals surface area contributed by atoms with Gasteiger partial charge in [-0.2, -0.15) is 18.2 Å². The van der Waals surface area contributed by atoms with E-state index in [1.54, 1.807) is 0 Å². The molecule has 1 aromatic heterocycles. The van der Waals surface area contributed by atoms with Gasteiger partial charge in [0.1, 0.15) is 0 Å². The van der Waals surface area contributed by atoms with Crippen LogP contribution in [0.15, 0.2) is 28.8 Å². The summed E-state index contributed by atoms with van der Waals surface area (Å²) in [7, 11) is 0. The minimum atomic E-state index is -4.43. The summed E-state index contributed by atoms with van der Waals surface area (Å²) in [4.78, 5) is 20.8. The SMILES string of the molecule is O=C(C1CCOCC1)N1CCN(Cc2nc(-c3cccc(C(F)(F)F)c3)no2)CC1. The predicted octanol–water partition coefficient (Wildman–Crippen LogP) is 2.83. The topological polar surface area (TPSA) is 71.7 Å². The summed E-state index contributed by atoms with van der Waals surface area (Å²) in [6.07, 6.45) is -2.87. The third kappa shape index (κ3) is 4.81. The monoisotopic (exact) mass is 424 g/mol. The molecule has 2 saturated heterocycles. The first-order chi connectivity index (χ1) is 14.4. The van der Waals surface area contributed by atoms with Crippen LogP contribution in [0.2, 0.25) is 0 Å². The largest absolute Gasteiger partial charge is 0.416 e. The molecule has 2 aliphatic rings. The molecule has 162 valence electrons. The Morgan fingerprint density at radius 2 is 1.87 bits per heavy atom. The van der Waals surface area contributed by atoms with Crippen LogP contribution < -0.4 is 0 Å². The summed E-state index contributed by atoms with van der Waals surface area (Å²) in [6.45, 7) is 4.29. The molecule has 0 saturated carbocycles. The first-order valence-corrected chi connectivity index (χ1v) is 9.99. The lowest BCUT2D eigenvalue weighted by Gasteiger charge is -2.36. The van der Waals surface area contributed by atoms with E-state index >= 15 is 0 Å². The molecule has 4 rings (SSSR count). The fourth-order valence-corrected chi connectivity index (χ4v) is 3.79. The summed E-state index contributed by atoms with van der Waals surface area (Å²) in [5, 5.41) is 3.82. The molecule has 0 radical (unpaired) electrons. The second kappa shape index (κ2) is 8.73. The molecule has 1 aromatic carbocycles. The highest BCUT2D eigenvalue weighted by atomic mass is 19.4. The standard InChI is InChI=1S/C20H23F3N4O3/c21-20(22,23)16-3-1-2-15(12-16)18-24-17(30-25-18)13-26-6-8-27(9-7-26)19(28)14-4-10-29-11-5-14/h1-3,12,14H,4-11,13H2. The van der Waals surface area contributed by atoms with E-state index in [-0.39, 0.29) is 23.2 Å².